The fourth-order valence-corrected chi connectivity index (χ4v) is 3.38. The maximum Gasteiger partial charge on any atom is 0.265 e. The van der Waals surface area contributed by atoms with Gasteiger partial charge in [0.15, 0.2) is 5.13 Å². The molecule has 3 rings (SSSR count). The third-order valence-electron chi connectivity index (χ3n) is 3.51. The van der Waals surface area contributed by atoms with Crippen LogP contribution in [0.15, 0.2) is 18.2 Å². The average molecular weight is 302 g/mol. The zero-order chi connectivity index (χ0) is 14.8. The fraction of sp³-hybridized carbons (Fsp3) is 0.400. The number of hydrogen-bond acceptors (Lipinski definition) is 5. The summed E-state index contributed by atoms with van der Waals surface area (Å²) in [7, 11) is 0. The highest BCUT2D eigenvalue weighted by Crippen LogP contribution is 2.27. The first-order valence-electron chi connectivity index (χ1n) is 7.11. The maximum absolute atomic E-state index is 12.4. The molecule has 1 saturated heterocycles. The first-order chi connectivity index (χ1) is 10.1. The number of rotatable bonds is 3. The van der Waals surface area contributed by atoms with Crippen LogP contribution < -0.4 is 5.32 Å². The van der Waals surface area contributed by atoms with Gasteiger partial charge in [0.05, 0.1) is 5.69 Å². The molecule has 110 valence electrons. The van der Waals surface area contributed by atoms with Crippen LogP contribution in [-0.2, 0) is 0 Å². The molecule has 1 N–H and O–H groups in total. The molecule has 21 heavy (non-hydrogen) atoms. The minimum atomic E-state index is 0.104. The second kappa shape index (κ2) is 5.81. The molecule has 0 bridgehead atoms. The minimum Gasteiger partial charge on any atom is -0.338 e. The third kappa shape index (κ3) is 3.05. The number of pyridine rings is 1. The first-order valence-corrected chi connectivity index (χ1v) is 7.92. The van der Waals surface area contributed by atoms with Gasteiger partial charge in [0, 0.05) is 18.8 Å². The van der Waals surface area contributed by atoms with E-state index in [0.29, 0.717) is 5.13 Å². The summed E-state index contributed by atoms with van der Waals surface area (Å²) in [5, 5.41) is 3.89. The number of aryl methyl sites for hydroxylation is 2. The topological polar surface area (TPSA) is 58.1 Å². The average Bonchev–Trinajstić information content (AvgIpc) is 3.08. The summed E-state index contributed by atoms with van der Waals surface area (Å²) in [5.41, 5.74) is 1.73. The number of nitrogens with one attached hydrogen (secondary N) is 1. The summed E-state index contributed by atoms with van der Waals surface area (Å²) in [6, 6.07) is 5.79. The zero-order valence-electron chi connectivity index (χ0n) is 12.2. The van der Waals surface area contributed by atoms with E-state index < -0.39 is 0 Å². The van der Waals surface area contributed by atoms with Crippen LogP contribution in [0.25, 0.3) is 0 Å². The molecular weight excluding hydrogens is 284 g/mol. The lowest BCUT2D eigenvalue weighted by Gasteiger charge is -2.13. The van der Waals surface area contributed by atoms with Crippen molar-refractivity contribution in [1.29, 1.82) is 0 Å². The summed E-state index contributed by atoms with van der Waals surface area (Å²) in [4.78, 5) is 23.9. The van der Waals surface area contributed by atoms with Crippen LogP contribution in [-0.4, -0.2) is 33.9 Å². The van der Waals surface area contributed by atoms with Gasteiger partial charge in [-0.2, -0.15) is 0 Å². The van der Waals surface area contributed by atoms with Crippen LogP contribution in [0.3, 0.4) is 0 Å². The molecule has 0 radical (unpaired) electrons. The van der Waals surface area contributed by atoms with E-state index in [1.54, 1.807) is 0 Å². The quantitative estimate of drug-likeness (QED) is 0.946. The van der Waals surface area contributed by atoms with Crippen LogP contribution in [0, 0.1) is 13.8 Å². The maximum atomic E-state index is 12.4. The molecule has 1 amide bonds. The minimum absolute atomic E-state index is 0.104. The lowest BCUT2D eigenvalue weighted by Crippen LogP contribution is -2.27. The molecular formula is C15H18N4OS. The van der Waals surface area contributed by atoms with Crippen molar-refractivity contribution in [1.82, 2.24) is 14.9 Å². The number of likely N-dealkylation sites (tertiary alicyclic amines) is 1. The molecule has 1 aliphatic rings. The normalized spacial score (nSPS) is 14.5. The fourth-order valence-electron chi connectivity index (χ4n) is 2.43. The lowest BCUT2D eigenvalue weighted by molar-refractivity contribution is 0.0796. The molecule has 2 aromatic heterocycles. The van der Waals surface area contributed by atoms with Gasteiger partial charge in [0.25, 0.3) is 5.91 Å². The molecule has 5 nitrogen and oxygen atoms in total. The van der Waals surface area contributed by atoms with Crippen molar-refractivity contribution in [3.05, 3.63) is 34.5 Å². The molecule has 0 spiro atoms. The highest BCUT2D eigenvalue weighted by atomic mass is 32.1. The number of amides is 1. The van der Waals surface area contributed by atoms with Gasteiger partial charge in [-0.1, -0.05) is 17.4 Å². The standard InChI is InChI=1S/C15H18N4OS/c1-10-6-5-7-12(16-10)18-15-17-11(2)13(21-15)14(20)19-8-3-4-9-19/h5-7H,3-4,8-9H2,1-2H3,(H,16,17,18). The molecule has 0 unspecified atom stereocenters. The monoisotopic (exact) mass is 302 g/mol. The molecule has 3 heterocycles. The Hall–Kier alpha value is -1.95. The second-order valence-corrected chi connectivity index (χ2v) is 6.22. The van der Waals surface area contributed by atoms with E-state index in [-0.39, 0.29) is 5.91 Å². The van der Waals surface area contributed by atoms with Gasteiger partial charge in [-0.15, -0.1) is 0 Å². The van der Waals surface area contributed by atoms with E-state index in [1.807, 2.05) is 36.9 Å². The van der Waals surface area contributed by atoms with Crippen LogP contribution >= 0.6 is 11.3 Å². The van der Waals surface area contributed by atoms with E-state index >= 15 is 0 Å². The first kappa shape index (κ1) is 14.0. The Kier molecular flexibility index (Phi) is 3.88. The van der Waals surface area contributed by atoms with Crippen LogP contribution in [0.5, 0.6) is 0 Å². The van der Waals surface area contributed by atoms with Gasteiger partial charge >= 0.3 is 0 Å². The Morgan fingerprint density at radius 3 is 2.71 bits per heavy atom. The summed E-state index contributed by atoms with van der Waals surface area (Å²) in [5.74, 6) is 0.858. The number of carbonyl (C=O) groups is 1. The van der Waals surface area contributed by atoms with E-state index in [1.165, 1.54) is 11.3 Å². The highest BCUT2D eigenvalue weighted by molar-refractivity contribution is 7.17. The summed E-state index contributed by atoms with van der Waals surface area (Å²) in [6.45, 7) is 5.55. The van der Waals surface area contributed by atoms with E-state index in [2.05, 4.69) is 15.3 Å². The number of carbonyl (C=O) groups excluding carboxylic acids is 1. The van der Waals surface area contributed by atoms with Gasteiger partial charge in [0.1, 0.15) is 10.7 Å². The molecule has 1 fully saturated rings. The zero-order valence-corrected chi connectivity index (χ0v) is 13.0. The summed E-state index contributed by atoms with van der Waals surface area (Å²) < 4.78 is 0. The summed E-state index contributed by atoms with van der Waals surface area (Å²) >= 11 is 1.40. The largest absolute Gasteiger partial charge is 0.338 e. The van der Waals surface area contributed by atoms with E-state index in [9.17, 15) is 4.79 Å². The predicted octanol–water partition coefficient (Wildman–Crippen LogP) is 3.13. The SMILES string of the molecule is Cc1cccc(Nc2nc(C)c(C(=O)N3CCCC3)s2)n1. The molecule has 0 aromatic carbocycles. The van der Waals surface area contributed by atoms with Crippen LogP contribution in [0.1, 0.15) is 33.9 Å². The summed E-state index contributed by atoms with van der Waals surface area (Å²) in [6.07, 6.45) is 2.20. The van der Waals surface area contributed by atoms with Gasteiger partial charge < -0.3 is 10.2 Å². The van der Waals surface area contributed by atoms with Crippen molar-refractivity contribution >= 4 is 28.2 Å². The van der Waals surface area contributed by atoms with Crippen molar-refractivity contribution in [2.75, 3.05) is 18.4 Å². The van der Waals surface area contributed by atoms with Crippen molar-refractivity contribution in [2.45, 2.75) is 26.7 Å². The lowest BCUT2D eigenvalue weighted by atomic mass is 10.3. The number of hydrogen-bond donors (Lipinski definition) is 1. The Morgan fingerprint density at radius 2 is 2.00 bits per heavy atom. The van der Waals surface area contributed by atoms with Crippen molar-refractivity contribution in [3.63, 3.8) is 0 Å². The van der Waals surface area contributed by atoms with Crippen LogP contribution in [0.2, 0.25) is 0 Å². The van der Waals surface area contributed by atoms with Gasteiger partial charge in [-0.3, -0.25) is 4.79 Å². The van der Waals surface area contributed by atoms with E-state index in [4.69, 9.17) is 0 Å². The van der Waals surface area contributed by atoms with Crippen molar-refractivity contribution in [3.8, 4) is 0 Å². The van der Waals surface area contributed by atoms with Gasteiger partial charge in [-0.25, -0.2) is 9.97 Å². The third-order valence-corrected chi connectivity index (χ3v) is 4.57. The highest BCUT2D eigenvalue weighted by Gasteiger charge is 2.23. The Labute approximate surface area is 128 Å². The van der Waals surface area contributed by atoms with Gasteiger partial charge in [0.2, 0.25) is 0 Å². The predicted molar refractivity (Wildman–Crippen MR) is 84.2 cm³/mol. The Balaban J connectivity index is 1.79. The van der Waals surface area contributed by atoms with E-state index in [0.717, 1.165) is 48.0 Å². The molecule has 0 aliphatic carbocycles. The smallest absolute Gasteiger partial charge is 0.265 e. The second-order valence-electron chi connectivity index (χ2n) is 5.22. The molecule has 6 heteroatoms. The van der Waals surface area contributed by atoms with Crippen LogP contribution in [0.4, 0.5) is 10.9 Å². The Morgan fingerprint density at radius 1 is 1.24 bits per heavy atom. The number of thiazole rings is 1. The number of anilines is 2. The number of aromatic nitrogens is 2. The van der Waals surface area contributed by atoms with Crippen molar-refractivity contribution in [2.24, 2.45) is 0 Å². The molecule has 0 atom stereocenters. The Bertz CT molecular complexity index is 661. The molecule has 1 aliphatic heterocycles. The van der Waals surface area contributed by atoms with Gasteiger partial charge in [-0.05, 0) is 38.8 Å². The number of nitrogens with zero attached hydrogens (tertiary/aromatic N) is 3. The molecule has 2 aromatic rings. The van der Waals surface area contributed by atoms with Crippen molar-refractivity contribution < 1.29 is 4.79 Å². The molecule has 0 saturated carbocycles.